The highest BCUT2D eigenvalue weighted by atomic mass is 16.2. The molecule has 4 nitrogen and oxygen atoms in total. The van der Waals surface area contributed by atoms with Crippen LogP contribution < -0.4 is 5.32 Å². The lowest BCUT2D eigenvalue weighted by molar-refractivity contribution is -0.121. The van der Waals surface area contributed by atoms with Crippen LogP contribution in [0.5, 0.6) is 0 Å². The van der Waals surface area contributed by atoms with E-state index in [2.05, 4.69) is 5.32 Å². The number of rotatable bonds is 6. The summed E-state index contributed by atoms with van der Waals surface area (Å²) in [5.74, 6) is -0.733. The Labute approximate surface area is 147 Å². The SMILES string of the molecule is CC(=O)/C(=C/c1ccc(C#N)cc1)C(=O)NC/C=C/c1ccccc1. The average molecular weight is 330 g/mol. The van der Waals surface area contributed by atoms with Crippen molar-refractivity contribution in [1.29, 1.82) is 5.26 Å². The minimum atomic E-state index is -0.422. The smallest absolute Gasteiger partial charge is 0.255 e. The maximum Gasteiger partial charge on any atom is 0.255 e. The van der Waals surface area contributed by atoms with Crippen molar-refractivity contribution in [2.75, 3.05) is 6.54 Å². The predicted molar refractivity (Wildman–Crippen MR) is 98.3 cm³/mol. The number of carbonyl (C=O) groups is 2. The first-order valence-electron chi connectivity index (χ1n) is 7.83. The Morgan fingerprint density at radius 2 is 1.72 bits per heavy atom. The molecule has 0 heterocycles. The van der Waals surface area contributed by atoms with E-state index in [1.54, 1.807) is 24.3 Å². The molecule has 0 aromatic heterocycles. The molecule has 25 heavy (non-hydrogen) atoms. The minimum absolute atomic E-state index is 0.0813. The fraction of sp³-hybridized carbons (Fsp3) is 0.0952. The fourth-order valence-electron chi connectivity index (χ4n) is 2.15. The molecule has 2 aromatic rings. The first-order valence-corrected chi connectivity index (χ1v) is 7.83. The third-order valence-electron chi connectivity index (χ3n) is 3.47. The lowest BCUT2D eigenvalue weighted by Gasteiger charge is -2.05. The van der Waals surface area contributed by atoms with Gasteiger partial charge in [0, 0.05) is 6.54 Å². The lowest BCUT2D eigenvalue weighted by Crippen LogP contribution is -2.27. The van der Waals surface area contributed by atoms with Crippen molar-refractivity contribution in [3.05, 3.63) is 82.9 Å². The van der Waals surface area contributed by atoms with Crippen molar-refractivity contribution in [2.45, 2.75) is 6.92 Å². The molecule has 0 saturated heterocycles. The molecule has 0 fully saturated rings. The summed E-state index contributed by atoms with van der Waals surface area (Å²) in [6.45, 7) is 1.68. The molecule has 124 valence electrons. The van der Waals surface area contributed by atoms with Crippen molar-refractivity contribution in [3.63, 3.8) is 0 Å². The van der Waals surface area contributed by atoms with Crippen LogP contribution in [0.2, 0.25) is 0 Å². The monoisotopic (exact) mass is 330 g/mol. The van der Waals surface area contributed by atoms with Gasteiger partial charge in [-0.15, -0.1) is 0 Å². The topological polar surface area (TPSA) is 70.0 Å². The first-order chi connectivity index (χ1) is 12.1. The summed E-state index contributed by atoms with van der Waals surface area (Å²) in [5.41, 5.74) is 2.34. The van der Waals surface area contributed by atoms with Gasteiger partial charge in [0.1, 0.15) is 0 Å². The van der Waals surface area contributed by atoms with Gasteiger partial charge in [-0.3, -0.25) is 9.59 Å². The van der Waals surface area contributed by atoms with Gasteiger partial charge in [0.25, 0.3) is 5.91 Å². The van der Waals surface area contributed by atoms with Gasteiger partial charge in [-0.25, -0.2) is 0 Å². The highest BCUT2D eigenvalue weighted by molar-refractivity contribution is 6.21. The maximum atomic E-state index is 12.2. The molecule has 0 saturated carbocycles. The van der Waals surface area contributed by atoms with E-state index in [1.807, 2.05) is 48.6 Å². The Balaban J connectivity index is 2.02. The number of ketones is 1. The van der Waals surface area contributed by atoms with Crippen molar-refractivity contribution in [1.82, 2.24) is 5.32 Å². The maximum absolute atomic E-state index is 12.2. The number of amides is 1. The highest BCUT2D eigenvalue weighted by Gasteiger charge is 2.13. The van der Waals surface area contributed by atoms with E-state index >= 15 is 0 Å². The molecule has 2 aromatic carbocycles. The number of hydrogen-bond donors (Lipinski definition) is 1. The summed E-state index contributed by atoms with van der Waals surface area (Å²) < 4.78 is 0. The molecule has 0 atom stereocenters. The van der Waals surface area contributed by atoms with E-state index in [9.17, 15) is 9.59 Å². The van der Waals surface area contributed by atoms with Gasteiger partial charge in [0.15, 0.2) is 5.78 Å². The molecule has 0 bridgehead atoms. The normalized spacial score (nSPS) is 11.1. The molecule has 0 radical (unpaired) electrons. The zero-order valence-corrected chi connectivity index (χ0v) is 13.9. The van der Waals surface area contributed by atoms with Crippen LogP contribution in [0.4, 0.5) is 0 Å². The van der Waals surface area contributed by atoms with Gasteiger partial charge < -0.3 is 5.32 Å². The summed E-state index contributed by atoms with van der Waals surface area (Å²) in [4.78, 5) is 24.0. The Morgan fingerprint density at radius 3 is 2.32 bits per heavy atom. The lowest BCUT2D eigenvalue weighted by atomic mass is 10.1. The number of benzene rings is 2. The van der Waals surface area contributed by atoms with E-state index < -0.39 is 5.91 Å². The van der Waals surface area contributed by atoms with Gasteiger partial charge in [-0.1, -0.05) is 54.6 Å². The quantitative estimate of drug-likeness (QED) is 0.501. The summed E-state index contributed by atoms with van der Waals surface area (Å²) >= 11 is 0. The molecule has 1 amide bonds. The van der Waals surface area contributed by atoms with Crippen LogP contribution >= 0.6 is 0 Å². The number of hydrogen-bond acceptors (Lipinski definition) is 3. The zero-order valence-electron chi connectivity index (χ0n) is 13.9. The van der Waals surface area contributed by atoms with Crippen LogP contribution in [0.1, 0.15) is 23.6 Å². The Bertz CT molecular complexity index is 842. The molecule has 0 spiro atoms. The molecule has 4 heteroatoms. The second-order valence-corrected chi connectivity index (χ2v) is 5.37. The predicted octanol–water partition coefficient (Wildman–Crippen LogP) is 3.36. The second-order valence-electron chi connectivity index (χ2n) is 5.37. The van der Waals surface area contributed by atoms with Crippen LogP contribution in [0.25, 0.3) is 12.2 Å². The van der Waals surface area contributed by atoms with Crippen molar-refractivity contribution in [2.24, 2.45) is 0 Å². The molecule has 0 aliphatic heterocycles. The number of nitrogens with zero attached hydrogens (tertiary/aromatic N) is 1. The van der Waals surface area contributed by atoms with Gasteiger partial charge in [-0.05, 0) is 36.3 Å². The number of nitrogens with one attached hydrogen (secondary N) is 1. The fourth-order valence-corrected chi connectivity index (χ4v) is 2.15. The largest absolute Gasteiger partial charge is 0.348 e. The highest BCUT2D eigenvalue weighted by Crippen LogP contribution is 2.10. The standard InChI is InChI=1S/C21H18N2O2/c1-16(24)20(14-18-9-11-19(15-22)12-10-18)21(25)23-13-5-8-17-6-3-2-4-7-17/h2-12,14H,13H2,1H3,(H,23,25)/b8-5+,20-14-. The molecular formula is C21H18N2O2. The van der Waals surface area contributed by atoms with E-state index in [0.717, 1.165) is 5.56 Å². The minimum Gasteiger partial charge on any atom is -0.348 e. The van der Waals surface area contributed by atoms with Gasteiger partial charge in [0.05, 0.1) is 17.2 Å². The molecule has 2 rings (SSSR count). The summed E-state index contributed by atoms with van der Waals surface area (Å²) in [7, 11) is 0. The molecule has 1 N–H and O–H groups in total. The van der Waals surface area contributed by atoms with Gasteiger partial charge >= 0.3 is 0 Å². The molecule has 0 aliphatic rings. The Kier molecular flexibility index (Phi) is 6.44. The molecule has 0 unspecified atom stereocenters. The van der Waals surface area contributed by atoms with Crippen molar-refractivity contribution >= 4 is 23.8 Å². The summed E-state index contributed by atoms with van der Waals surface area (Å²) in [6, 6.07) is 18.4. The zero-order chi connectivity index (χ0) is 18.1. The number of carbonyl (C=O) groups excluding carboxylic acids is 2. The first kappa shape index (κ1) is 17.9. The summed E-state index contributed by atoms with van der Waals surface area (Å²) in [5, 5.41) is 11.5. The third kappa shape index (κ3) is 5.60. The van der Waals surface area contributed by atoms with E-state index in [4.69, 9.17) is 5.26 Å². The van der Waals surface area contributed by atoms with Gasteiger partial charge in [0.2, 0.25) is 0 Å². The van der Waals surface area contributed by atoms with Crippen LogP contribution in [-0.2, 0) is 9.59 Å². The Morgan fingerprint density at radius 1 is 1.04 bits per heavy atom. The number of Topliss-reactive ketones (excluding diaryl/α,β-unsaturated/α-hetero) is 1. The molecule has 0 aliphatic carbocycles. The van der Waals surface area contributed by atoms with Gasteiger partial charge in [-0.2, -0.15) is 5.26 Å². The van der Waals surface area contributed by atoms with E-state index in [0.29, 0.717) is 17.7 Å². The number of nitriles is 1. The Hall–Kier alpha value is -3.45. The van der Waals surface area contributed by atoms with E-state index in [-0.39, 0.29) is 11.4 Å². The van der Waals surface area contributed by atoms with Crippen LogP contribution in [0.15, 0.2) is 66.2 Å². The van der Waals surface area contributed by atoms with Crippen LogP contribution in [0.3, 0.4) is 0 Å². The second kappa shape index (κ2) is 8.99. The molecular weight excluding hydrogens is 312 g/mol. The van der Waals surface area contributed by atoms with Crippen LogP contribution in [0, 0.1) is 11.3 Å². The van der Waals surface area contributed by atoms with Crippen molar-refractivity contribution in [3.8, 4) is 6.07 Å². The van der Waals surface area contributed by atoms with E-state index in [1.165, 1.54) is 13.0 Å². The van der Waals surface area contributed by atoms with Crippen molar-refractivity contribution < 1.29 is 9.59 Å². The average Bonchev–Trinajstić information content (AvgIpc) is 2.64. The summed E-state index contributed by atoms with van der Waals surface area (Å²) in [6.07, 6.45) is 5.25. The third-order valence-corrected chi connectivity index (χ3v) is 3.47. The van der Waals surface area contributed by atoms with Crippen LogP contribution in [-0.4, -0.2) is 18.2 Å².